The number of hydrogen-bond acceptors (Lipinski definition) is 6. The fourth-order valence-electron chi connectivity index (χ4n) is 1.98. The molecule has 0 aromatic carbocycles. The van der Waals surface area contributed by atoms with Gasteiger partial charge in [-0.2, -0.15) is 0 Å². The summed E-state index contributed by atoms with van der Waals surface area (Å²) in [6.07, 6.45) is 4.22. The molecule has 0 radical (unpaired) electrons. The molecule has 0 spiro atoms. The van der Waals surface area contributed by atoms with Gasteiger partial charge in [0.25, 0.3) is 0 Å². The van der Waals surface area contributed by atoms with Crippen LogP contribution in [0.5, 0.6) is 0 Å². The molecule has 0 atom stereocenters. The second kappa shape index (κ2) is 12.1. The van der Waals surface area contributed by atoms with Crippen molar-refractivity contribution in [2.24, 2.45) is 4.99 Å². The van der Waals surface area contributed by atoms with E-state index in [-0.39, 0.29) is 0 Å². The van der Waals surface area contributed by atoms with Crippen molar-refractivity contribution < 1.29 is 9.47 Å². The molecule has 0 aliphatic carbocycles. The van der Waals surface area contributed by atoms with E-state index in [2.05, 4.69) is 27.4 Å². The summed E-state index contributed by atoms with van der Waals surface area (Å²) in [6.45, 7) is 8.79. The van der Waals surface area contributed by atoms with E-state index < -0.39 is 0 Å². The molecular formula is C15H29N5O2. The molecule has 0 unspecified atom stereocenters. The Kier molecular flexibility index (Phi) is 10.3. The van der Waals surface area contributed by atoms with Crippen LogP contribution in [-0.4, -0.2) is 76.5 Å². The molecule has 22 heavy (non-hydrogen) atoms. The molecule has 7 nitrogen and oxygen atoms in total. The molecule has 1 fully saturated rings. The summed E-state index contributed by atoms with van der Waals surface area (Å²) in [4.78, 5) is 6.30. The third-order valence-corrected chi connectivity index (χ3v) is 3.26. The number of aliphatic imine (C=N–C) groups is 1. The minimum Gasteiger partial charge on any atom is -0.478 e. The average molecular weight is 311 g/mol. The van der Waals surface area contributed by atoms with Gasteiger partial charge in [-0.3, -0.25) is 9.89 Å². The third kappa shape index (κ3) is 8.11. The maximum absolute atomic E-state index is 7.29. The van der Waals surface area contributed by atoms with Gasteiger partial charge in [0.15, 0.2) is 5.88 Å². The highest BCUT2D eigenvalue weighted by molar-refractivity contribution is 6.28. The molecule has 1 aliphatic rings. The Morgan fingerprint density at radius 3 is 2.82 bits per heavy atom. The van der Waals surface area contributed by atoms with Crippen LogP contribution in [0.1, 0.15) is 13.3 Å². The quantitative estimate of drug-likeness (QED) is 0.236. The Morgan fingerprint density at radius 2 is 2.18 bits per heavy atom. The Morgan fingerprint density at radius 1 is 1.41 bits per heavy atom. The molecule has 0 aromatic rings. The zero-order valence-electron chi connectivity index (χ0n) is 13.7. The number of nitrogens with one attached hydrogen (secondary N) is 3. The zero-order chi connectivity index (χ0) is 16.0. The topological polar surface area (TPSA) is 82.0 Å². The first-order valence-corrected chi connectivity index (χ1v) is 7.88. The molecule has 0 aromatic heterocycles. The second-order valence-corrected chi connectivity index (χ2v) is 4.95. The van der Waals surface area contributed by atoms with Gasteiger partial charge in [-0.25, -0.2) is 0 Å². The van der Waals surface area contributed by atoms with E-state index in [1.165, 1.54) is 6.21 Å². The van der Waals surface area contributed by atoms with Crippen molar-refractivity contribution in [1.82, 2.24) is 15.5 Å². The minimum absolute atomic E-state index is 0.480. The smallest absolute Gasteiger partial charge is 0.189 e. The summed E-state index contributed by atoms with van der Waals surface area (Å²) in [6, 6.07) is 0. The van der Waals surface area contributed by atoms with Crippen molar-refractivity contribution in [2.45, 2.75) is 13.3 Å². The van der Waals surface area contributed by atoms with Crippen LogP contribution in [0.2, 0.25) is 0 Å². The first-order valence-electron chi connectivity index (χ1n) is 7.88. The molecule has 0 amide bonds. The highest BCUT2D eigenvalue weighted by atomic mass is 16.5. The number of ether oxygens (including phenoxy) is 2. The molecule has 1 aliphatic heterocycles. The van der Waals surface area contributed by atoms with E-state index in [0.29, 0.717) is 18.3 Å². The number of rotatable bonds is 10. The number of morpholine rings is 1. The van der Waals surface area contributed by atoms with Crippen LogP contribution in [0.3, 0.4) is 0 Å². The summed E-state index contributed by atoms with van der Waals surface area (Å²) in [5, 5.41) is 13.6. The lowest BCUT2D eigenvalue weighted by molar-refractivity contribution is 0.0269. The molecule has 7 heteroatoms. The van der Waals surface area contributed by atoms with Crippen molar-refractivity contribution in [3.63, 3.8) is 0 Å². The molecule has 1 saturated heterocycles. The highest BCUT2D eigenvalue weighted by Gasteiger charge is 2.10. The fourth-order valence-corrected chi connectivity index (χ4v) is 1.98. The van der Waals surface area contributed by atoms with Gasteiger partial charge in [0, 0.05) is 33.2 Å². The van der Waals surface area contributed by atoms with Crippen LogP contribution < -0.4 is 10.6 Å². The van der Waals surface area contributed by atoms with Gasteiger partial charge in [0.2, 0.25) is 0 Å². The molecule has 3 N–H and O–H groups in total. The Labute approximate surface area is 133 Å². The standard InChI is InChI=1S/C15H29N5O2/c1-3-5-18-6-4-15(19-14(13-16)17-2)22-12-9-20-7-10-21-11-8-20/h4,13,16,18H,3,5-12H2,1-2H3,(H,17,19)/b15-4+,16-13?. The Bertz CT molecular complexity index is 365. The lowest BCUT2D eigenvalue weighted by atomic mass is 10.4. The molecule has 126 valence electrons. The van der Waals surface area contributed by atoms with Crippen molar-refractivity contribution >= 4 is 12.1 Å². The number of hydrogen-bond donors (Lipinski definition) is 3. The summed E-state index contributed by atoms with van der Waals surface area (Å²) in [7, 11) is 1.65. The molecule has 0 saturated carbocycles. The van der Waals surface area contributed by atoms with Crippen LogP contribution in [0.4, 0.5) is 0 Å². The van der Waals surface area contributed by atoms with Crippen LogP contribution >= 0.6 is 0 Å². The van der Waals surface area contributed by atoms with Gasteiger partial charge >= 0.3 is 0 Å². The summed E-state index contributed by atoms with van der Waals surface area (Å²) >= 11 is 0. The summed E-state index contributed by atoms with van der Waals surface area (Å²) < 4.78 is 11.1. The number of amidine groups is 1. The fraction of sp³-hybridized carbons (Fsp3) is 0.733. The van der Waals surface area contributed by atoms with E-state index in [0.717, 1.165) is 52.4 Å². The molecular weight excluding hydrogens is 282 g/mol. The van der Waals surface area contributed by atoms with Gasteiger partial charge in [-0.1, -0.05) is 6.92 Å². The van der Waals surface area contributed by atoms with Gasteiger partial charge in [-0.15, -0.1) is 0 Å². The Hall–Kier alpha value is -1.44. The summed E-state index contributed by atoms with van der Waals surface area (Å²) in [5.41, 5.74) is 0. The van der Waals surface area contributed by atoms with Gasteiger partial charge in [0.05, 0.1) is 19.4 Å². The van der Waals surface area contributed by atoms with Crippen LogP contribution in [0.15, 0.2) is 17.0 Å². The van der Waals surface area contributed by atoms with Gasteiger partial charge in [0.1, 0.15) is 12.4 Å². The van der Waals surface area contributed by atoms with E-state index >= 15 is 0 Å². The van der Waals surface area contributed by atoms with E-state index in [4.69, 9.17) is 14.9 Å². The first kappa shape index (κ1) is 18.6. The van der Waals surface area contributed by atoms with Gasteiger partial charge < -0.3 is 25.5 Å². The normalized spacial score (nSPS) is 17.4. The maximum Gasteiger partial charge on any atom is 0.189 e. The van der Waals surface area contributed by atoms with Crippen LogP contribution in [0.25, 0.3) is 0 Å². The average Bonchev–Trinajstić information content (AvgIpc) is 2.56. The molecule has 1 heterocycles. The zero-order valence-corrected chi connectivity index (χ0v) is 13.7. The van der Waals surface area contributed by atoms with Crippen molar-refractivity contribution in [3.8, 4) is 0 Å². The Balaban J connectivity index is 2.39. The highest BCUT2D eigenvalue weighted by Crippen LogP contribution is 1.98. The number of nitrogens with zero attached hydrogens (tertiary/aromatic N) is 2. The van der Waals surface area contributed by atoms with Crippen molar-refractivity contribution in [3.05, 3.63) is 12.0 Å². The predicted octanol–water partition coefficient (Wildman–Crippen LogP) is 0.444. The third-order valence-electron chi connectivity index (χ3n) is 3.26. The van der Waals surface area contributed by atoms with Crippen LogP contribution in [-0.2, 0) is 9.47 Å². The van der Waals surface area contributed by atoms with Gasteiger partial charge in [-0.05, 0) is 19.0 Å². The molecule has 1 rings (SSSR count). The van der Waals surface area contributed by atoms with E-state index in [9.17, 15) is 0 Å². The lowest BCUT2D eigenvalue weighted by Crippen LogP contribution is -2.38. The van der Waals surface area contributed by atoms with E-state index in [1.54, 1.807) is 7.05 Å². The summed E-state index contributed by atoms with van der Waals surface area (Å²) in [5.74, 6) is 1.12. The minimum atomic E-state index is 0.480. The first-order chi connectivity index (χ1) is 10.8. The van der Waals surface area contributed by atoms with E-state index in [1.807, 2.05) is 6.08 Å². The SMILES string of the molecule is CCCNC/C=C(\NC(C=N)=NC)OCCN1CCOCC1. The van der Waals surface area contributed by atoms with Crippen molar-refractivity contribution in [2.75, 3.05) is 59.6 Å². The van der Waals surface area contributed by atoms with Crippen molar-refractivity contribution in [1.29, 1.82) is 5.41 Å². The van der Waals surface area contributed by atoms with Crippen LogP contribution in [0, 0.1) is 5.41 Å². The largest absolute Gasteiger partial charge is 0.478 e. The lowest BCUT2D eigenvalue weighted by Gasteiger charge is -2.26. The molecule has 0 bridgehead atoms. The second-order valence-electron chi connectivity index (χ2n) is 4.95. The monoisotopic (exact) mass is 311 g/mol. The maximum atomic E-state index is 7.29. The predicted molar refractivity (Wildman–Crippen MR) is 89.7 cm³/mol.